The number of carbonyl (C=O) groups is 1. The molecule has 5 rings (SSSR count). The molecule has 0 atom stereocenters. The summed E-state index contributed by atoms with van der Waals surface area (Å²) in [6, 6.07) is 21.8. The van der Waals surface area contributed by atoms with E-state index in [-0.39, 0.29) is 10.9 Å². The Morgan fingerprint density at radius 3 is 2.69 bits per heavy atom. The molecule has 0 radical (unpaired) electrons. The summed E-state index contributed by atoms with van der Waals surface area (Å²) in [5.41, 5.74) is 3.00. The highest BCUT2D eigenvalue weighted by atomic mass is 35.5. The second-order valence-electron chi connectivity index (χ2n) is 7.60. The van der Waals surface area contributed by atoms with Gasteiger partial charge in [-0.25, -0.2) is 4.98 Å². The summed E-state index contributed by atoms with van der Waals surface area (Å²) < 4.78 is 12.3. The van der Waals surface area contributed by atoms with Gasteiger partial charge in [0.05, 0.1) is 28.0 Å². The number of para-hydroxylation sites is 1. The van der Waals surface area contributed by atoms with E-state index in [4.69, 9.17) is 49.6 Å². The fourth-order valence-corrected chi connectivity index (χ4v) is 5.09. The highest BCUT2D eigenvalue weighted by Gasteiger charge is 2.17. The number of thiocarbonyl (C=S) groups is 1. The van der Waals surface area contributed by atoms with E-state index in [1.54, 1.807) is 48.8 Å². The molecule has 2 heterocycles. The minimum Gasteiger partial charge on any atom is -0.495 e. The van der Waals surface area contributed by atoms with Gasteiger partial charge in [0, 0.05) is 16.1 Å². The number of hydrogen-bond donors (Lipinski definition) is 2. The molecule has 0 spiro atoms. The fourth-order valence-electron chi connectivity index (χ4n) is 3.54. The largest absolute Gasteiger partial charge is 0.495 e. The Balaban J connectivity index is 1.32. The molecule has 5 aromatic rings. The van der Waals surface area contributed by atoms with Gasteiger partial charge in [-0.05, 0) is 72.9 Å². The third kappa shape index (κ3) is 5.08. The van der Waals surface area contributed by atoms with E-state index in [0.717, 1.165) is 20.8 Å². The van der Waals surface area contributed by atoms with Gasteiger partial charge < -0.3 is 14.5 Å². The number of halogens is 2. The van der Waals surface area contributed by atoms with Gasteiger partial charge in [0.15, 0.2) is 10.9 Å². The predicted molar refractivity (Wildman–Crippen MR) is 149 cm³/mol. The van der Waals surface area contributed by atoms with E-state index in [0.29, 0.717) is 32.8 Å². The van der Waals surface area contributed by atoms with Gasteiger partial charge in [-0.15, -0.1) is 11.3 Å². The Kier molecular flexibility index (Phi) is 6.93. The third-order valence-electron chi connectivity index (χ3n) is 5.24. The second kappa shape index (κ2) is 10.3. The van der Waals surface area contributed by atoms with Crippen LogP contribution in [-0.4, -0.2) is 23.1 Å². The molecule has 36 heavy (non-hydrogen) atoms. The molecule has 2 N–H and O–H groups in total. The van der Waals surface area contributed by atoms with Crippen molar-refractivity contribution in [3.63, 3.8) is 0 Å². The first-order valence-electron chi connectivity index (χ1n) is 10.6. The zero-order valence-electron chi connectivity index (χ0n) is 18.7. The summed E-state index contributed by atoms with van der Waals surface area (Å²) in [5, 5.41) is 7.56. The molecule has 0 aliphatic carbocycles. The molecular formula is C26H17Cl2N3O3S2. The van der Waals surface area contributed by atoms with Gasteiger partial charge in [0.1, 0.15) is 16.5 Å². The molecule has 0 saturated heterocycles. The molecule has 0 bridgehead atoms. The molecule has 1 amide bonds. The fraction of sp³-hybridized carbons (Fsp3) is 0.0385. The first-order valence-corrected chi connectivity index (χ1v) is 12.6. The summed E-state index contributed by atoms with van der Waals surface area (Å²) in [5.74, 6) is 0.530. The zero-order valence-corrected chi connectivity index (χ0v) is 21.8. The number of ether oxygens (including phenoxy) is 1. The van der Waals surface area contributed by atoms with E-state index in [2.05, 4.69) is 10.6 Å². The molecular weight excluding hydrogens is 537 g/mol. The van der Waals surface area contributed by atoms with Crippen LogP contribution in [0.5, 0.6) is 5.75 Å². The summed E-state index contributed by atoms with van der Waals surface area (Å²) in [7, 11) is 1.56. The van der Waals surface area contributed by atoms with Crippen molar-refractivity contribution in [1.82, 2.24) is 10.3 Å². The zero-order chi connectivity index (χ0) is 25.2. The smallest absolute Gasteiger partial charge is 0.293 e. The average Bonchev–Trinajstić information content (AvgIpc) is 3.53. The number of aromatic nitrogens is 1. The van der Waals surface area contributed by atoms with E-state index in [1.165, 1.54) is 0 Å². The van der Waals surface area contributed by atoms with Crippen molar-refractivity contribution >= 4 is 73.7 Å². The van der Waals surface area contributed by atoms with Crippen LogP contribution in [0.1, 0.15) is 10.6 Å². The molecule has 6 nitrogen and oxygen atoms in total. The van der Waals surface area contributed by atoms with Crippen molar-refractivity contribution in [2.75, 3.05) is 12.4 Å². The van der Waals surface area contributed by atoms with Crippen LogP contribution in [0.15, 0.2) is 77.2 Å². The predicted octanol–water partition coefficient (Wildman–Crippen LogP) is 7.67. The van der Waals surface area contributed by atoms with Crippen LogP contribution in [0.25, 0.3) is 32.1 Å². The number of rotatable bonds is 5. The molecule has 2 aromatic heterocycles. The summed E-state index contributed by atoms with van der Waals surface area (Å²) in [6.45, 7) is 0. The normalized spacial score (nSPS) is 10.9. The van der Waals surface area contributed by atoms with Gasteiger partial charge >= 0.3 is 0 Å². The molecule has 0 aliphatic rings. The van der Waals surface area contributed by atoms with Crippen molar-refractivity contribution in [2.45, 2.75) is 0 Å². The minimum atomic E-state index is -0.516. The highest BCUT2D eigenvalue weighted by Crippen LogP contribution is 2.35. The SMILES string of the molecule is COc1ccc(-c2nc3ccccc3s2)cc1NC(=S)NC(=O)c1ccc(-c2cc(Cl)ccc2Cl)o1. The lowest BCUT2D eigenvalue weighted by atomic mass is 10.2. The molecule has 0 saturated carbocycles. The number of nitrogens with zero attached hydrogens (tertiary/aromatic N) is 1. The van der Waals surface area contributed by atoms with Crippen molar-refractivity contribution < 1.29 is 13.9 Å². The molecule has 3 aromatic carbocycles. The quantitative estimate of drug-likeness (QED) is 0.217. The molecule has 0 fully saturated rings. The summed E-state index contributed by atoms with van der Waals surface area (Å²) in [4.78, 5) is 17.5. The number of amides is 1. The molecule has 0 aliphatic heterocycles. The van der Waals surface area contributed by atoms with Crippen molar-refractivity contribution in [3.8, 4) is 27.6 Å². The lowest BCUT2D eigenvalue weighted by molar-refractivity contribution is 0.0951. The van der Waals surface area contributed by atoms with Gasteiger partial charge in [-0.1, -0.05) is 35.3 Å². The van der Waals surface area contributed by atoms with E-state index in [1.807, 2.05) is 42.5 Å². The van der Waals surface area contributed by atoms with Crippen LogP contribution in [-0.2, 0) is 0 Å². The molecule has 10 heteroatoms. The monoisotopic (exact) mass is 553 g/mol. The summed E-state index contributed by atoms with van der Waals surface area (Å²) >= 11 is 19.3. The Morgan fingerprint density at radius 2 is 1.89 bits per heavy atom. The van der Waals surface area contributed by atoms with Crippen LogP contribution in [0, 0.1) is 0 Å². The number of hydrogen-bond acceptors (Lipinski definition) is 6. The van der Waals surface area contributed by atoms with Crippen LogP contribution >= 0.6 is 46.8 Å². The van der Waals surface area contributed by atoms with Gasteiger partial charge in [-0.3, -0.25) is 10.1 Å². The topological polar surface area (TPSA) is 76.4 Å². The van der Waals surface area contributed by atoms with E-state index in [9.17, 15) is 4.79 Å². The Hall–Kier alpha value is -3.43. The van der Waals surface area contributed by atoms with Gasteiger partial charge in [-0.2, -0.15) is 0 Å². The van der Waals surface area contributed by atoms with E-state index < -0.39 is 5.91 Å². The third-order valence-corrected chi connectivity index (χ3v) is 7.09. The average molecular weight is 554 g/mol. The summed E-state index contributed by atoms with van der Waals surface area (Å²) in [6.07, 6.45) is 0. The minimum absolute atomic E-state index is 0.0698. The van der Waals surface area contributed by atoms with Crippen molar-refractivity contribution in [1.29, 1.82) is 0 Å². The van der Waals surface area contributed by atoms with E-state index >= 15 is 0 Å². The van der Waals surface area contributed by atoms with Crippen LogP contribution in [0.4, 0.5) is 5.69 Å². The van der Waals surface area contributed by atoms with Gasteiger partial charge in [0.25, 0.3) is 5.91 Å². The lowest BCUT2D eigenvalue weighted by Gasteiger charge is -2.13. The number of thiazole rings is 1. The first kappa shape index (κ1) is 24.3. The Bertz CT molecular complexity index is 1580. The molecule has 180 valence electrons. The molecule has 0 unspecified atom stereocenters. The van der Waals surface area contributed by atoms with Crippen molar-refractivity contribution in [2.24, 2.45) is 0 Å². The number of fused-ring (bicyclic) bond motifs is 1. The van der Waals surface area contributed by atoms with Crippen LogP contribution < -0.4 is 15.4 Å². The maximum atomic E-state index is 12.8. The Labute approximate surface area is 225 Å². The lowest BCUT2D eigenvalue weighted by Crippen LogP contribution is -2.34. The standard InChI is InChI=1S/C26H17Cl2N3O3S2/c1-33-21-9-6-14(25-29-18-4-2-3-5-23(18)36-25)12-19(21)30-26(35)31-24(32)22-11-10-20(34-22)16-13-15(27)7-8-17(16)28/h2-13H,1H3,(H2,30,31,32,35). The number of nitrogens with one attached hydrogen (secondary N) is 2. The highest BCUT2D eigenvalue weighted by molar-refractivity contribution is 7.80. The van der Waals surface area contributed by atoms with Crippen LogP contribution in [0.2, 0.25) is 10.0 Å². The van der Waals surface area contributed by atoms with Crippen LogP contribution in [0.3, 0.4) is 0 Å². The number of anilines is 1. The Morgan fingerprint density at radius 1 is 1.06 bits per heavy atom. The van der Waals surface area contributed by atoms with Crippen molar-refractivity contribution in [3.05, 3.63) is 88.6 Å². The van der Waals surface area contributed by atoms with Gasteiger partial charge in [0.2, 0.25) is 0 Å². The number of methoxy groups -OCH3 is 1. The number of carbonyl (C=O) groups excluding carboxylic acids is 1. The number of benzene rings is 3. The number of furan rings is 1. The maximum Gasteiger partial charge on any atom is 0.293 e. The maximum absolute atomic E-state index is 12.8. The first-order chi connectivity index (χ1) is 17.4. The second-order valence-corrected chi connectivity index (χ2v) is 9.88.